The number of nitrogens with two attached hydrogens (primary N) is 1. The molecule has 0 saturated heterocycles. The second kappa shape index (κ2) is 48.0. The number of nitrogens with zero attached hydrogens (tertiary/aromatic N) is 1. The first-order valence-corrected chi connectivity index (χ1v) is 31.4. The summed E-state index contributed by atoms with van der Waals surface area (Å²) in [6.07, 6.45) is 30.8. The molecule has 7 nitrogen and oxygen atoms in total. The van der Waals surface area contributed by atoms with E-state index < -0.39 is 0 Å². The van der Waals surface area contributed by atoms with E-state index in [2.05, 4.69) is 163 Å². The van der Waals surface area contributed by atoms with Crippen LogP contribution in [0.1, 0.15) is 182 Å². The highest BCUT2D eigenvalue weighted by atomic mass is 35.5. The number of hydrogen-bond donors (Lipinski definition) is 4. The van der Waals surface area contributed by atoms with Crippen molar-refractivity contribution in [2.45, 2.75) is 192 Å². The van der Waals surface area contributed by atoms with Gasteiger partial charge in [0.05, 0.1) is 25.8 Å². The minimum Gasteiger partial charge on any atom is -0.496 e. The van der Waals surface area contributed by atoms with Crippen molar-refractivity contribution < 1.29 is 9.47 Å². The summed E-state index contributed by atoms with van der Waals surface area (Å²) < 4.78 is 12.8. The summed E-state index contributed by atoms with van der Waals surface area (Å²) in [5.74, 6) is 5.75. The Morgan fingerprint density at radius 2 is 1.35 bits per heavy atom. The number of H-pyrrole nitrogens is 1. The molecule has 1 heterocycles. The van der Waals surface area contributed by atoms with Gasteiger partial charge in [-0.3, -0.25) is 0 Å². The SMILES string of the molecule is C=C/C=C(Cl)\C=C/C.C=C/C=C(\N)CN/C(C)=C(/CC1CC(C)C1)OCC1CCCCC1.CC.CC/C(OC(CC)CCNCc1ccccc1)=C(\C)N(CC)Cc1ccc[nH]1.CC1CCC1.Cc1ccccc1.Cc1ccccc1. The maximum Gasteiger partial charge on any atom is 0.115 e. The van der Waals surface area contributed by atoms with Crippen molar-refractivity contribution in [1.82, 2.24) is 20.5 Å². The van der Waals surface area contributed by atoms with Gasteiger partial charge in [-0.15, -0.1) is 0 Å². The molecule has 81 heavy (non-hydrogen) atoms. The monoisotopic (exact) mass is 1130 g/mol. The van der Waals surface area contributed by atoms with E-state index in [-0.39, 0.29) is 6.10 Å². The summed E-state index contributed by atoms with van der Waals surface area (Å²) in [6.45, 7) is 38.1. The minimum atomic E-state index is 0.248. The van der Waals surface area contributed by atoms with Gasteiger partial charge >= 0.3 is 0 Å². The van der Waals surface area contributed by atoms with Gasteiger partial charge < -0.3 is 35.7 Å². The van der Waals surface area contributed by atoms with Crippen LogP contribution < -0.4 is 16.4 Å². The predicted octanol–water partition coefficient (Wildman–Crippen LogP) is 20.0. The number of nitrogens with one attached hydrogen (secondary N) is 3. The molecule has 7 rings (SSSR count). The van der Waals surface area contributed by atoms with Crippen molar-refractivity contribution in [2.24, 2.45) is 29.4 Å². The molecular weight excluding hydrogens is 1010 g/mol. The molecular formula is C73H114ClN5O2. The van der Waals surface area contributed by atoms with Crippen molar-refractivity contribution in [3.8, 4) is 0 Å². The highest BCUT2D eigenvalue weighted by Crippen LogP contribution is 2.38. The number of benzene rings is 3. The summed E-state index contributed by atoms with van der Waals surface area (Å²) in [4.78, 5) is 5.68. The van der Waals surface area contributed by atoms with Crippen molar-refractivity contribution in [3.63, 3.8) is 0 Å². The van der Waals surface area contributed by atoms with Gasteiger partial charge in [-0.25, -0.2) is 0 Å². The number of aromatic amines is 1. The van der Waals surface area contributed by atoms with Gasteiger partial charge in [-0.2, -0.15) is 0 Å². The molecule has 1 unspecified atom stereocenters. The van der Waals surface area contributed by atoms with Crippen LogP contribution in [0, 0.1) is 37.5 Å². The molecule has 3 aliphatic rings. The largest absolute Gasteiger partial charge is 0.496 e. The zero-order valence-corrected chi connectivity index (χ0v) is 53.8. The van der Waals surface area contributed by atoms with Crippen LogP contribution in [-0.4, -0.2) is 42.2 Å². The van der Waals surface area contributed by atoms with Crippen molar-refractivity contribution in [2.75, 3.05) is 26.2 Å². The fraction of sp³-hybridized carbons (Fsp3) is 0.507. The van der Waals surface area contributed by atoms with Gasteiger partial charge in [0.1, 0.15) is 11.5 Å². The maximum absolute atomic E-state index is 6.45. The van der Waals surface area contributed by atoms with E-state index in [9.17, 15) is 0 Å². The van der Waals surface area contributed by atoms with E-state index in [0.717, 1.165) is 105 Å². The third-order valence-corrected chi connectivity index (χ3v) is 14.8. The molecule has 8 heteroatoms. The van der Waals surface area contributed by atoms with Crippen LogP contribution in [0.5, 0.6) is 0 Å². The number of hydrogen-bond acceptors (Lipinski definition) is 6. The molecule has 0 spiro atoms. The topological polar surface area (TPSA) is 87.6 Å². The van der Waals surface area contributed by atoms with E-state index in [1.165, 1.54) is 92.3 Å². The summed E-state index contributed by atoms with van der Waals surface area (Å²) in [5, 5.41) is 7.68. The van der Waals surface area contributed by atoms with Crippen molar-refractivity contribution in [3.05, 3.63) is 215 Å². The lowest BCUT2D eigenvalue weighted by Gasteiger charge is -2.34. The predicted molar refractivity (Wildman–Crippen MR) is 356 cm³/mol. The Morgan fingerprint density at radius 3 is 1.79 bits per heavy atom. The first kappa shape index (κ1) is 73.4. The lowest BCUT2D eigenvalue weighted by molar-refractivity contribution is 0.0906. The van der Waals surface area contributed by atoms with Gasteiger partial charge in [0.25, 0.3) is 0 Å². The van der Waals surface area contributed by atoms with Gasteiger partial charge in [0, 0.05) is 59.9 Å². The van der Waals surface area contributed by atoms with Crippen LogP contribution in [0.25, 0.3) is 0 Å². The van der Waals surface area contributed by atoms with Crippen LogP contribution in [0.3, 0.4) is 0 Å². The Labute approximate surface area is 501 Å². The molecule has 0 amide bonds. The van der Waals surface area contributed by atoms with E-state index in [0.29, 0.717) is 11.6 Å². The number of halogens is 1. The van der Waals surface area contributed by atoms with Crippen molar-refractivity contribution >= 4 is 11.6 Å². The first-order chi connectivity index (χ1) is 39.2. The average Bonchev–Trinajstić information content (AvgIpc) is 4.01. The van der Waals surface area contributed by atoms with E-state index in [4.69, 9.17) is 26.8 Å². The standard InChI is InChI=1S/C24H37N3O.C21H36N2O.C7H9Cl.2C7H8.C5H10.C2H6/c1-5-23(15-17-25-18-21-12-9-8-10-13-21)28-24(6-2)20(4)27(7-3)19-22-14-11-16-26-22;1-4-8-20(22)14-23-17(3)21(13-19-11-16(2)12-19)24-15-18-9-6-5-7-10-18;1-3-5-7(8)6-4-2;2*1-7-5-3-2-4-6-7;1-5-3-2-4-5;1-2/h8-14,16,23,25-26H,5-7,15,17-19H2,1-4H3;4,8,16,18-19,23H,1,5-7,9-15,22H2,2-3H3;3-6H,1H2,2H3;2*2-6H,1H3;5H,2-4H2,1H3;1-2H3/b24-20-;20-8-,21-17-;6-4-,7-5+;;;;. The lowest BCUT2D eigenvalue weighted by Crippen LogP contribution is -2.26. The zero-order valence-electron chi connectivity index (χ0n) is 53.0. The lowest BCUT2D eigenvalue weighted by atomic mass is 9.74. The van der Waals surface area contributed by atoms with Crippen LogP contribution in [0.15, 0.2) is 193 Å². The Morgan fingerprint density at radius 1 is 0.765 bits per heavy atom. The van der Waals surface area contributed by atoms with Crippen LogP contribution in [-0.2, 0) is 22.6 Å². The number of allylic oxidation sites excluding steroid dienone is 11. The van der Waals surface area contributed by atoms with Crippen LogP contribution in [0.2, 0.25) is 0 Å². The molecule has 0 aliphatic heterocycles. The normalized spacial score (nSPS) is 16.8. The molecule has 0 bridgehead atoms. The molecule has 5 N–H and O–H groups in total. The van der Waals surface area contributed by atoms with Gasteiger partial charge in [0.2, 0.25) is 0 Å². The van der Waals surface area contributed by atoms with Crippen molar-refractivity contribution in [1.29, 1.82) is 0 Å². The molecule has 4 aromatic rings. The van der Waals surface area contributed by atoms with Crippen LogP contribution in [0.4, 0.5) is 0 Å². The fourth-order valence-electron chi connectivity index (χ4n) is 9.32. The number of rotatable bonds is 24. The Balaban J connectivity index is 0.000000546. The number of aryl methyl sites for hydroxylation is 2. The second-order valence-corrected chi connectivity index (χ2v) is 22.1. The summed E-state index contributed by atoms with van der Waals surface area (Å²) in [5.41, 5.74) is 14.3. The smallest absolute Gasteiger partial charge is 0.115 e. The number of aromatic nitrogens is 1. The van der Waals surface area contributed by atoms with E-state index in [1.807, 2.05) is 81.6 Å². The Kier molecular flexibility index (Phi) is 43.4. The maximum atomic E-state index is 6.45. The Hall–Kier alpha value is -5.63. The Bertz CT molecular complexity index is 2250. The highest BCUT2D eigenvalue weighted by molar-refractivity contribution is 6.31. The molecule has 3 aromatic carbocycles. The summed E-state index contributed by atoms with van der Waals surface area (Å²) >= 11 is 5.58. The number of ether oxygens (including phenoxy) is 2. The molecule has 3 aliphatic carbocycles. The second-order valence-electron chi connectivity index (χ2n) is 21.6. The van der Waals surface area contributed by atoms with E-state index >= 15 is 0 Å². The third kappa shape index (κ3) is 36.5. The molecule has 1 atom stereocenters. The first-order valence-electron chi connectivity index (χ1n) is 31.0. The fourth-order valence-corrected chi connectivity index (χ4v) is 9.54. The summed E-state index contributed by atoms with van der Waals surface area (Å²) in [7, 11) is 0. The van der Waals surface area contributed by atoms with Crippen LogP contribution >= 0.6 is 11.6 Å². The van der Waals surface area contributed by atoms with Gasteiger partial charge in [-0.05, 0) is 146 Å². The molecule has 0 radical (unpaired) electrons. The highest BCUT2D eigenvalue weighted by Gasteiger charge is 2.28. The molecule has 450 valence electrons. The van der Waals surface area contributed by atoms with Gasteiger partial charge in [-0.1, -0.05) is 225 Å². The molecule has 1 aromatic heterocycles. The minimum absolute atomic E-state index is 0.248. The molecule has 3 fully saturated rings. The molecule has 3 saturated carbocycles. The van der Waals surface area contributed by atoms with E-state index in [1.54, 1.807) is 18.2 Å². The quantitative estimate of drug-likeness (QED) is 0.0318. The van der Waals surface area contributed by atoms with Gasteiger partial charge in [0.15, 0.2) is 0 Å². The third-order valence-electron chi connectivity index (χ3n) is 14.5. The average molecular weight is 1130 g/mol. The zero-order chi connectivity index (χ0) is 59.9. The summed E-state index contributed by atoms with van der Waals surface area (Å²) in [6, 6.07) is 35.3.